The lowest BCUT2D eigenvalue weighted by atomic mass is 10.2. The normalized spacial score (nSPS) is 17.2. The number of hydrogen-bond donors (Lipinski definition) is 3. The molecule has 1 saturated carbocycles. The van der Waals surface area contributed by atoms with E-state index in [4.69, 9.17) is 16.3 Å². The molecule has 2 fully saturated rings. The molecule has 2 aliphatic rings. The molecule has 0 radical (unpaired) electrons. The molecule has 0 unspecified atom stereocenters. The van der Waals surface area contributed by atoms with Crippen LogP contribution in [0.2, 0.25) is 4.34 Å². The van der Waals surface area contributed by atoms with E-state index in [2.05, 4.69) is 16.0 Å². The molecule has 1 saturated heterocycles. The molecular formula is C22H25ClN4O4S. The fourth-order valence-electron chi connectivity index (χ4n) is 3.35. The molecule has 0 spiro atoms. The summed E-state index contributed by atoms with van der Waals surface area (Å²) in [4.78, 5) is 39.4. The van der Waals surface area contributed by atoms with Crippen molar-refractivity contribution in [3.8, 4) is 0 Å². The van der Waals surface area contributed by atoms with Crippen LogP contribution in [0, 0.1) is 5.92 Å². The van der Waals surface area contributed by atoms with Gasteiger partial charge in [0, 0.05) is 24.5 Å². The minimum atomic E-state index is -0.574. The standard InChI is InChI=1S/C22H25ClN4O4S/c23-19-8-7-18(32-19)22(30)25-12-17(24-11-14-1-2-14)21(29)26-15-3-5-16(6-4-15)27-9-10-31-13-20(27)28/h3-8,14,17,24H,1-2,9-13H2,(H,25,30)(H,26,29)/t17-/m1/s1. The average Bonchev–Trinajstić information content (AvgIpc) is 3.52. The fourth-order valence-corrected chi connectivity index (χ4v) is 4.31. The van der Waals surface area contributed by atoms with Crippen LogP contribution in [0.15, 0.2) is 36.4 Å². The zero-order valence-electron chi connectivity index (χ0n) is 17.4. The van der Waals surface area contributed by atoms with Crippen molar-refractivity contribution in [1.82, 2.24) is 10.6 Å². The smallest absolute Gasteiger partial charge is 0.261 e. The molecule has 10 heteroatoms. The van der Waals surface area contributed by atoms with Gasteiger partial charge in [0.15, 0.2) is 0 Å². The summed E-state index contributed by atoms with van der Waals surface area (Å²) in [6, 6.07) is 9.89. The Balaban J connectivity index is 1.35. The van der Waals surface area contributed by atoms with E-state index in [9.17, 15) is 14.4 Å². The van der Waals surface area contributed by atoms with E-state index in [0.717, 1.165) is 25.1 Å². The Hall–Kier alpha value is -2.46. The van der Waals surface area contributed by atoms with Crippen molar-refractivity contribution in [2.75, 3.05) is 43.1 Å². The number of morpholine rings is 1. The number of nitrogens with zero attached hydrogens (tertiary/aromatic N) is 1. The molecule has 0 bridgehead atoms. The van der Waals surface area contributed by atoms with Gasteiger partial charge in [-0.2, -0.15) is 0 Å². The number of carbonyl (C=O) groups is 3. The van der Waals surface area contributed by atoms with Crippen molar-refractivity contribution in [3.63, 3.8) is 0 Å². The van der Waals surface area contributed by atoms with E-state index in [1.54, 1.807) is 41.3 Å². The first kappa shape index (κ1) is 22.7. The van der Waals surface area contributed by atoms with E-state index in [-0.39, 0.29) is 30.9 Å². The van der Waals surface area contributed by atoms with Crippen LogP contribution in [-0.2, 0) is 14.3 Å². The van der Waals surface area contributed by atoms with Gasteiger partial charge in [-0.25, -0.2) is 0 Å². The van der Waals surface area contributed by atoms with Crippen LogP contribution in [0.1, 0.15) is 22.5 Å². The lowest BCUT2D eigenvalue weighted by Gasteiger charge is -2.27. The second kappa shape index (κ2) is 10.4. The number of rotatable bonds is 9. The molecule has 32 heavy (non-hydrogen) atoms. The summed E-state index contributed by atoms with van der Waals surface area (Å²) >= 11 is 7.10. The van der Waals surface area contributed by atoms with Crippen molar-refractivity contribution in [2.24, 2.45) is 5.92 Å². The molecular weight excluding hydrogens is 452 g/mol. The number of benzene rings is 1. The summed E-state index contributed by atoms with van der Waals surface area (Å²) in [6.07, 6.45) is 2.31. The lowest BCUT2D eigenvalue weighted by Crippen LogP contribution is -2.49. The minimum absolute atomic E-state index is 0.0796. The predicted octanol–water partition coefficient (Wildman–Crippen LogP) is 2.50. The van der Waals surface area contributed by atoms with Crippen molar-refractivity contribution in [2.45, 2.75) is 18.9 Å². The third kappa shape index (κ3) is 6.07. The SMILES string of the molecule is O=C(NC[C@@H](NCC1CC1)C(=O)Nc1ccc(N2CCOCC2=O)cc1)c1ccc(Cl)s1. The van der Waals surface area contributed by atoms with Gasteiger partial charge in [0.2, 0.25) is 5.91 Å². The van der Waals surface area contributed by atoms with Gasteiger partial charge < -0.3 is 25.6 Å². The van der Waals surface area contributed by atoms with Crippen LogP contribution in [0.25, 0.3) is 0 Å². The van der Waals surface area contributed by atoms with Gasteiger partial charge in [0.1, 0.15) is 12.6 Å². The second-order valence-electron chi connectivity index (χ2n) is 7.85. The first-order valence-electron chi connectivity index (χ1n) is 10.6. The molecule has 1 aliphatic heterocycles. The van der Waals surface area contributed by atoms with E-state index < -0.39 is 6.04 Å². The highest BCUT2D eigenvalue weighted by Crippen LogP contribution is 2.28. The molecule has 2 aromatic rings. The number of anilines is 2. The Morgan fingerprint density at radius 2 is 1.97 bits per heavy atom. The Morgan fingerprint density at radius 1 is 1.19 bits per heavy atom. The Kier molecular flexibility index (Phi) is 7.41. The molecule has 1 aliphatic carbocycles. The molecule has 3 amide bonds. The molecule has 1 aromatic heterocycles. The van der Waals surface area contributed by atoms with Gasteiger partial charge >= 0.3 is 0 Å². The number of thiophene rings is 1. The lowest BCUT2D eigenvalue weighted by molar-refractivity contribution is -0.125. The van der Waals surface area contributed by atoms with Gasteiger partial charge in [0.25, 0.3) is 11.8 Å². The quantitative estimate of drug-likeness (QED) is 0.516. The molecule has 2 heterocycles. The van der Waals surface area contributed by atoms with Gasteiger partial charge in [-0.3, -0.25) is 14.4 Å². The van der Waals surface area contributed by atoms with Gasteiger partial charge in [0.05, 0.1) is 15.8 Å². The molecule has 170 valence electrons. The highest BCUT2D eigenvalue weighted by Gasteiger charge is 2.26. The number of halogens is 1. The third-order valence-corrected chi connectivity index (χ3v) is 6.59. The topological polar surface area (TPSA) is 99.8 Å². The summed E-state index contributed by atoms with van der Waals surface area (Å²) in [5.74, 6) is 0.0143. The largest absolute Gasteiger partial charge is 0.370 e. The maximum Gasteiger partial charge on any atom is 0.261 e. The Bertz CT molecular complexity index is 977. The number of ether oxygens (including phenoxy) is 1. The zero-order chi connectivity index (χ0) is 22.5. The summed E-state index contributed by atoms with van der Waals surface area (Å²) < 4.78 is 5.70. The second-order valence-corrected chi connectivity index (χ2v) is 9.57. The minimum Gasteiger partial charge on any atom is -0.370 e. The van der Waals surface area contributed by atoms with Crippen LogP contribution >= 0.6 is 22.9 Å². The van der Waals surface area contributed by atoms with Crippen molar-refractivity contribution < 1.29 is 19.1 Å². The van der Waals surface area contributed by atoms with Crippen molar-refractivity contribution in [3.05, 3.63) is 45.6 Å². The Morgan fingerprint density at radius 3 is 2.62 bits per heavy atom. The van der Waals surface area contributed by atoms with E-state index in [0.29, 0.717) is 34.0 Å². The van der Waals surface area contributed by atoms with E-state index in [1.165, 1.54) is 11.3 Å². The first-order chi connectivity index (χ1) is 15.5. The molecule has 1 atom stereocenters. The highest BCUT2D eigenvalue weighted by atomic mass is 35.5. The monoisotopic (exact) mass is 476 g/mol. The Labute approximate surface area is 195 Å². The van der Waals surface area contributed by atoms with Crippen LogP contribution in [0.3, 0.4) is 0 Å². The van der Waals surface area contributed by atoms with E-state index in [1.807, 2.05) is 0 Å². The summed E-state index contributed by atoms with van der Waals surface area (Å²) in [6.45, 7) is 1.98. The zero-order valence-corrected chi connectivity index (χ0v) is 19.0. The summed E-state index contributed by atoms with van der Waals surface area (Å²) in [7, 11) is 0. The number of amides is 3. The first-order valence-corrected chi connectivity index (χ1v) is 11.7. The summed E-state index contributed by atoms with van der Waals surface area (Å²) in [5.41, 5.74) is 1.38. The molecule has 3 N–H and O–H groups in total. The van der Waals surface area contributed by atoms with E-state index >= 15 is 0 Å². The van der Waals surface area contributed by atoms with Gasteiger partial charge in [-0.15, -0.1) is 11.3 Å². The van der Waals surface area contributed by atoms with Crippen molar-refractivity contribution >= 4 is 52.0 Å². The molecule has 1 aromatic carbocycles. The third-order valence-electron chi connectivity index (χ3n) is 5.36. The van der Waals surface area contributed by atoms with Gasteiger partial charge in [-0.1, -0.05) is 11.6 Å². The van der Waals surface area contributed by atoms with Crippen LogP contribution in [0.5, 0.6) is 0 Å². The number of carbonyl (C=O) groups excluding carboxylic acids is 3. The predicted molar refractivity (Wildman–Crippen MR) is 124 cm³/mol. The van der Waals surface area contributed by atoms with Crippen LogP contribution < -0.4 is 20.9 Å². The van der Waals surface area contributed by atoms with Gasteiger partial charge in [-0.05, 0) is 61.7 Å². The highest BCUT2D eigenvalue weighted by molar-refractivity contribution is 7.18. The number of hydrogen-bond acceptors (Lipinski definition) is 6. The molecule has 8 nitrogen and oxygen atoms in total. The molecule has 4 rings (SSSR count). The summed E-state index contributed by atoms with van der Waals surface area (Å²) in [5, 5.41) is 8.98. The maximum absolute atomic E-state index is 12.9. The average molecular weight is 477 g/mol. The fraction of sp³-hybridized carbons (Fsp3) is 0.409. The van der Waals surface area contributed by atoms with Crippen LogP contribution in [0.4, 0.5) is 11.4 Å². The van der Waals surface area contributed by atoms with Crippen LogP contribution in [-0.4, -0.2) is 56.6 Å². The number of nitrogens with one attached hydrogen (secondary N) is 3. The maximum atomic E-state index is 12.9. The van der Waals surface area contributed by atoms with Crippen molar-refractivity contribution in [1.29, 1.82) is 0 Å².